The molecule has 0 aliphatic heterocycles. The lowest BCUT2D eigenvalue weighted by Crippen LogP contribution is -2.36. The number of aromatic nitrogens is 2. The quantitative estimate of drug-likeness (QED) is 0.748. The van der Waals surface area contributed by atoms with Crippen LogP contribution in [0, 0.1) is 0 Å². The molecule has 2 unspecified atom stereocenters. The Morgan fingerprint density at radius 2 is 2.00 bits per heavy atom. The number of amides is 1. The third-order valence-electron chi connectivity index (χ3n) is 3.31. The molecule has 0 saturated heterocycles. The average molecular weight is 290 g/mol. The van der Waals surface area contributed by atoms with Crippen molar-refractivity contribution in [3.63, 3.8) is 0 Å². The van der Waals surface area contributed by atoms with Crippen LogP contribution in [0.4, 0.5) is 5.69 Å². The predicted octanol–water partition coefficient (Wildman–Crippen LogP) is 1.76. The number of nitrogens with two attached hydrogens (primary N) is 1. The van der Waals surface area contributed by atoms with Crippen molar-refractivity contribution in [3.8, 4) is 0 Å². The Bertz CT molecular complexity index is 661. The first-order chi connectivity index (χ1) is 9.81. The fourth-order valence-electron chi connectivity index (χ4n) is 2.36. The molecule has 0 saturated carbocycles. The number of anilines is 1. The maximum atomic E-state index is 12.3. The zero-order chi connectivity index (χ0) is 15.7. The molecule has 0 aliphatic carbocycles. The Hall–Kier alpha value is -2.08. The summed E-state index contributed by atoms with van der Waals surface area (Å²) in [5.74, 6) is 0.352. The van der Waals surface area contributed by atoms with E-state index in [1.165, 1.54) is 0 Å². The maximum Gasteiger partial charge on any atom is 0.243 e. The van der Waals surface area contributed by atoms with E-state index in [0.717, 1.165) is 5.52 Å². The number of aliphatic hydroxyl groups excluding tert-OH is 1. The molecule has 2 rings (SSSR count). The van der Waals surface area contributed by atoms with Crippen molar-refractivity contribution in [2.45, 2.75) is 45.9 Å². The van der Waals surface area contributed by atoms with Crippen LogP contribution < -0.4 is 11.1 Å². The second kappa shape index (κ2) is 5.73. The van der Waals surface area contributed by atoms with Crippen LogP contribution in [0.25, 0.3) is 11.0 Å². The van der Waals surface area contributed by atoms with Crippen LogP contribution in [0.5, 0.6) is 0 Å². The van der Waals surface area contributed by atoms with Crippen LogP contribution in [0.2, 0.25) is 0 Å². The van der Waals surface area contributed by atoms with E-state index in [9.17, 15) is 9.90 Å². The first kappa shape index (κ1) is 15.3. The molecule has 21 heavy (non-hydrogen) atoms. The van der Waals surface area contributed by atoms with Gasteiger partial charge in [-0.25, -0.2) is 4.98 Å². The number of fused-ring (bicyclic) bond motifs is 1. The summed E-state index contributed by atoms with van der Waals surface area (Å²) in [4.78, 5) is 16.7. The number of carbonyl (C=O) groups is 1. The number of rotatable bonds is 4. The van der Waals surface area contributed by atoms with Gasteiger partial charge >= 0.3 is 0 Å². The van der Waals surface area contributed by atoms with Crippen molar-refractivity contribution in [1.82, 2.24) is 14.9 Å². The Balaban J connectivity index is 2.54. The molecular formula is C15H22N4O2. The van der Waals surface area contributed by atoms with E-state index in [0.29, 0.717) is 17.0 Å². The van der Waals surface area contributed by atoms with Gasteiger partial charge in [0.15, 0.2) is 0 Å². The van der Waals surface area contributed by atoms with E-state index in [4.69, 9.17) is 5.73 Å². The monoisotopic (exact) mass is 290 g/mol. The molecular weight excluding hydrogens is 268 g/mol. The number of nitrogen functional groups attached to an aromatic ring is 1. The summed E-state index contributed by atoms with van der Waals surface area (Å²) < 4.78 is 1.76. The third kappa shape index (κ3) is 3.00. The van der Waals surface area contributed by atoms with Gasteiger partial charge in [-0.15, -0.1) is 0 Å². The van der Waals surface area contributed by atoms with Crippen LogP contribution in [-0.2, 0) is 4.79 Å². The molecule has 2 aromatic rings. The van der Waals surface area contributed by atoms with E-state index in [1.807, 2.05) is 19.9 Å². The molecule has 1 amide bonds. The number of nitrogens with zero attached hydrogens (tertiary/aromatic N) is 2. The Morgan fingerprint density at radius 1 is 1.33 bits per heavy atom. The molecule has 0 fully saturated rings. The van der Waals surface area contributed by atoms with Gasteiger partial charge in [-0.05, 0) is 45.9 Å². The fraction of sp³-hybridized carbons (Fsp3) is 0.467. The number of carbonyl (C=O) groups excluding carboxylic acids is 1. The predicted molar refractivity (Wildman–Crippen MR) is 82.8 cm³/mol. The van der Waals surface area contributed by atoms with Gasteiger partial charge < -0.3 is 20.7 Å². The highest BCUT2D eigenvalue weighted by Gasteiger charge is 2.23. The Kier molecular flexibility index (Phi) is 4.18. The normalized spacial score (nSPS) is 14.4. The molecule has 1 aromatic heterocycles. The van der Waals surface area contributed by atoms with E-state index in [2.05, 4.69) is 10.3 Å². The van der Waals surface area contributed by atoms with Crippen LogP contribution in [-0.4, -0.2) is 26.6 Å². The molecule has 1 aromatic carbocycles. The number of nitrogens with one attached hydrogen (secondary N) is 1. The minimum absolute atomic E-state index is 0.0559. The molecule has 0 radical (unpaired) electrons. The minimum atomic E-state index is -0.770. The van der Waals surface area contributed by atoms with Crippen molar-refractivity contribution >= 4 is 22.6 Å². The molecule has 114 valence electrons. The zero-order valence-electron chi connectivity index (χ0n) is 12.8. The topological polar surface area (TPSA) is 93.2 Å². The highest BCUT2D eigenvalue weighted by Crippen LogP contribution is 2.26. The summed E-state index contributed by atoms with van der Waals surface area (Å²) in [5, 5.41) is 12.8. The molecule has 1 heterocycles. The molecule has 0 aliphatic rings. The Morgan fingerprint density at radius 3 is 2.57 bits per heavy atom. The minimum Gasteiger partial charge on any atom is -0.399 e. The first-order valence-electron chi connectivity index (χ1n) is 7.07. The van der Waals surface area contributed by atoms with Crippen molar-refractivity contribution < 1.29 is 9.90 Å². The molecule has 6 nitrogen and oxygen atoms in total. The molecule has 2 atom stereocenters. The number of imidazole rings is 1. The SMILES string of the molecule is CC(C)NC(=O)C(C)n1c(C(C)O)nc2cc(N)ccc21. The number of benzene rings is 1. The third-order valence-corrected chi connectivity index (χ3v) is 3.31. The van der Waals surface area contributed by atoms with Crippen LogP contribution in [0.1, 0.15) is 45.7 Å². The summed E-state index contributed by atoms with van der Waals surface area (Å²) in [7, 11) is 0. The van der Waals surface area contributed by atoms with Crippen LogP contribution >= 0.6 is 0 Å². The smallest absolute Gasteiger partial charge is 0.243 e. The first-order valence-corrected chi connectivity index (χ1v) is 7.07. The summed E-state index contributed by atoms with van der Waals surface area (Å²) in [5.41, 5.74) is 7.83. The van der Waals surface area contributed by atoms with E-state index >= 15 is 0 Å². The lowest BCUT2D eigenvalue weighted by atomic mass is 10.2. The second-order valence-corrected chi connectivity index (χ2v) is 5.60. The number of hydrogen-bond acceptors (Lipinski definition) is 4. The average Bonchev–Trinajstić information content (AvgIpc) is 2.75. The molecule has 0 bridgehead atoms. The van der Waals surface area contributed by atoms with Crippen LogP contribution in [0.3, 0.4) is 0 Å². The van der Waals surface area contributed by atoms with Crippen molar-refractivity contribution in [2.24, 2.45) is 0 Å². The molecule has 6 heteroatoms. The van der Waals surface area contributed by atoms with Crippen molar-refractivity contribution in [1.29, 1.82) is 0 Å². The van der Waals surface area contributed by atoms with Gasteiger partial charge in [0, 0.05) is 11.7 Å². The molecule has 0 spiro atoms. The highest BCUT2D eigenvalue weighted by molar-refractivity contribution is 5.85. The fourth-order valence-corrected chi connectivity index (χ4v) is 2.36. The van der Waals surface area contributed by atoms with Crippen molar-refractivity contribution in [3.05, 3.63) is 24.0 Å². The van der Waals surface area contributed by atoms with Gasteiger partial charge in [-0.1, -0.05) is 0 Å². The highest BCUT2D eigenvalue weighted by atomic mass is 16.3. The van der Waals surface area contributed by atoms with E-state index < -0.39 is 12.1 Å². The number of aliphatic hydroxyl groups is 1. The van der Waals surface area contributed by atoms with Gasteiger partial charge in [-0.3, -0.25) is 4.79 Å². The summed E-state index contributed by atoms with van der Waals surface area (Å²) in [6, 6.07) is 4.92. The van der Waals surface area contributed by atoms with Crippen molar-refractivity contribution in [2.75, 3.05) is 5.73 Å². The lowest BCUT2D eigenvalue weighted by molar-refractivity contribution is -0.124. The summed E-state index contributed by atoms with van der Waals surface area (Å²) in [6.07, 6.45) is -0.770. The second-order valence-electron chi connectivity index (χ2n) is 5.60. The zero-order valence-corrected chi connectivity index (χ0v) is 12.8. The standard InChI is InChI=1S/C15H22N4O2/c1-8(2)17-15(21)9(3)19-13-6-5-11(16)7-12(13)18-14(19)10(4)20/h5-10,20H,16H2,1-4H3,(H,17,21). The Labute approximate surface area is 124 Å². The van der Waals surface area contributed by atoms with Gasteiger partial charge in [0.25, 0.3) is 0 Å². The van der Waals surface area contributed by atoms with Crippen LogP contribution in [0.15, 0.2) is 18.2 Å². The summed E-state index contributed by atoms with van der Waals surface area (Å²) >= 11 is 0. The van der Waals surface area contributed by atoms with E-state index in [-0.39, 0.29) is 11.9 Å². The van der Waals surface area contributed by atoms with E-state index in [1.54, 1.807) is 30.5 Å². The summed E-state index contributed by atoms with van der Waals surface area (Å²) in [6.45, 7) is 7.25. The van der Waals surface area contributed by atoms with Gasteiger partial charge in [-0.2, -0.15) is 0 Å². The maximum absolute atomic E-state index is 12.3. The van der Waals surface area contributed by atoms with Gasteiger partial charge in [0.1, 0.15) is 18.0 Å². The van der Waals surface area contributed by atoms with Gasteiger partial charge in [0.05, 0.1) is 11.0 Å². The van der Waals surface area contributed by atoms with Gasteiger partial charge in [0.2, 0.25) is 5.91 Å². The lowest BCUT2D eigenvalue weighted by Gasteiger charge is -2.19. The largest absolute Gasteiger partial charge is 0.399 e. The number of hydrogen-bond donors (Lipinski definition) is 3. The molecule has 4 N–H and O–H groups in total.